The molecule has 0 amide bonds. The highest BCUT2D eigenvalue weighted by Crippen LogP contribution is 2.06. The molecule has 0 aromatic heterocycles. The van der Waals surface area contributed by atoms with E-state index in [1.807, 2.05) is 0 Å². The van der Waals surface area contributed by atoms with Crippen LogP contribution in [-0.4, -0.2) is 10.2 Å². The SMILES string of the molecule is [CH2]CC([SiH3])CC. The molecule has 6 heavy (non-hydrogen) atoms. The molecule has 1 atom stereocenters. The Labute approximate surface area is 43.4 Å². The van der Waals surface area contributed by atoms with E-state index in [2.05, 4.69) is 13.8 Å². The zero-order valence-electron chi connectivity index (χ0n) is 4.70. The molecule has 1 radical (unpaired) electrons. The van der Waals surface area contributed by atoms with Gasteiger partial charge in [0.15, 0.2) is 0 Å². The molecule has 0 spiro atoms. The maximum Gasteiger partial charge on any atom is 0.00671 e. The van der Waals surface area contributed by atoms with Gasteiger partial charge in [0.05, 0.1) is 0 Å². The first-order chi connectivity index (χ1) is 2.81. The van der Waals surface area contributed by atoms with E-state index in [4.69, 9.17) is 0 Å². The molecular weight excluding hydrogens is 88.1 g/mol. The van der Waals surface area contributed by atoms with Crippen LogP contribution in [0.1, 0.15) is 19.8 Å². The highest BCUT2D eigenvalue weighted by Gasteiger charge is 1.89. The van der Waals surface area contributed by atoms with Gasteiger partial charge in [0, 0.05) is 10.2 Å². The fraction of sp³-hybridized carbons (Fsp3) is 0.800. The summed E-state index contributed by atoms with van der Waals surface area (Å²) in [5, 5.41) is 0. The van der Waals surface area contributed by atoms with Crippen LogP contribution in [0, 0.1) is 6.92 Å². The van der Waals surface area contributed by atoms with Crippen LogP contribution >= 0.6 is 0 Å². The lowest BCUT2D eigenvalue weighted by molar-refractivity contribution is 0.809. The second kappa shape index (κ2) is 3.41. The molecule has 1 unspecified atom stereocenters. The van der Waals surface area contributed by atoms with Gasteiger partial charge in [-0.1, -0.05) is 32.2 Å². The average molecular weight is 101 g/mol. The molecule has 0 bridgehead atoms. The molecule has 0 aliphatic heterocycles. The van der Waals surface area contributed by atoms with E-state index in [1.165, 1.54) is 16.7 Å². The van der Waals surface area contributed by atoms with Crippen molar-refractivity contribution in [2.45, 2.75) is 25.3 Å². The average Bonchev–Trinajstić information content (AvgIpc) is 1.65. The normalized spacial score (nSPS) is 10.5. The quantitative estimate of drug-likeness (QED) is 0.451. The molecule has 0 saturated heterocycles. The maximum atomic E-state index is 3.79. The summed E-state index contributed by atoms with van der Waals surface area (Å²) in [4.78, 5) is 0. The van der Waals surface area contributed by atoms with Crippen molar-refractivity contribution in [3.05, 3.63) is 6.92 Å². The van der Waals surface area contributed by atoms with Crippen LogP contribution in [0.5, 0.6) is 0 Å². The second-order valence-corrected chi connectivity index (χ2v) is 3.44. The zero-order valence-corrected chi connectivity index (χ0v) is 6.70. The van der Waals surface area contributed by atoms with Crippen molar-refractivity contribution in [2.75, 3.05) is 0 Å². The first kappa shape index (κ1) is 6.22. The molecule has 0 saturated carbocycles. The van der Waals surface area contributed by atoms with Gasteiger partial charge in [0.25, 0.3) is 0 Å². The van der Waals surface area contributed by atoms with Gasteiger partial charge in [-0.25, -0.2) is 0 Å². The van der Waals surface area contributed by atoms with Crippen LogP contribution < -0.4 is 0 Å². The summed E-state index contributed by atoms with van der Waals surface area (Å²) in [6.45, 7) is 6.02. The van der Waals surface area contributed by atoms with Crippen LogP contribution in [0.3, 0.4) is 0 Å². The summed E-state index contributed by atoms with van der Waals surface area (Å²) in [6, 6.07) is 0. The molecule has 1 heteroatoms. The minimum atomic E-state index is 0.963. The first-order valence-electron chi connectivity index (χ1n) is 2.60. The third-order valence-corrected chi connectivity index (χ3v) is 2.58. The Bertz CT molecular complexity index is 23.1. The predicted octanol–water partition coefficient (Wildman–Crippen LogP) is 0.774. The van der Waals surface area contributed by atoms with Gasteiger partial charge in [0.2, 0.25) is 0 Å². The molecule has 0 N–H and O–H groups in total. The smallest absolute Gasteiger partial charge is 0.00671 e. The standard InChI is InChI=1S/C5H13Si/c1-3-5(6)4-2/h5H,1,3-4H2,2,6H3. The molecule has 0 aromatic carbocycles. The van der Waals surface area contributed by atoms with E-state index >= 15 is 0 Å². The van der Waals surface area contributed by atoms with Crippen molar-refractivity contribution < 1.29 is 0 Å². The van der Waals surface area contributed by atoms with Gasteiger partial charge < -0.3 is 0 Å². The van der Waals surface area contributed by atoms with E-state index in [9.17, 15) is 0 Å². The number of rotatable bonds is 2. The van der Waals surface area contributed by atoms with E-state index < -0.39 is 0 Å². The fourth-order valence-electron chi connectivity index (χ4n) is 0.204. The van der Waals surface area contributed by atoms with Crippen molar-refractivity contribution in [1.29, 1.82) is 0 Å². The van der Waals surface area contributed by atoms with Gasteiger partial charge in [-0.2, -0.15) is 0 Å². The van der Waals surface area contributed by atoms with E-state index in [0.717, 1.165) is 12.0 Å². The molecule has 0 heterocycles. The van der Waals surface area contributed by atoms with Crippen molar-refractivity contribution in [1.82, 2.24) is 0 Å². The lowest BCUT2D eigenvalue weighted by Gasteiger charge is -1.98. The van der Waals surface area contributed by atoms with Crippen molar-refractivity contribution in [2.24, 2.45) is 0 Å². The Morgan fingerprint density at radius 1 is 1.83 bits per heavy atom. The van der Waals surface area contributed by atoms with Crippen LogP contribution in [0.2, 0.25) is 5.54 Å². The molecule has 0 aliphatic rings. The molecule has 0 rings (SSSR count). The Kier molecular flexibility index (Phi) is 3.53. The third kappa shape index (κ3) is 2.45. The van der Waals surface area contributed by atoms with Crippen LogP contribution in [0.15, 0.2) is 0 Å². The molecule has 0 fully saturated rings. The summed E-state index contributed by atoms with van der Waals surface area (Å²) in [5.74, 6) is 0. The molecule has 0 aromatic rings. The Hall–Kier alpha value is 0.217. The molecule has 0 nitrogen and oxygen atoms in total. The summed E-state index contributed by atoms with van der Waals surface area (Å²) >= 11 is 0. The third-order valence-electron chi connectivity index (χ3n) is 1.19. The van der Waals surface area contributed by atoms with Crippen molar-refractivity contribution in [3.63, 3.8) is 0 Å². The van der Waals surface area contributed by atoms with Crippen molar-refractivity contribution in [3.8, 4) is 0 Å². The first-order valence-corrected chi connectivity index (χ1v) is 3.76. The Morgan fingerprint density at radius 3 is 2.33 bits per heavy atom. The largest absolute Gasteiger partial charge is 0.0654 e. The van der Waals surface area contributed by atoms with Gasteiger partial charge in [-0.05, 0) is 0 Å². The fourth-order valence-corrected chi connectivity index (χ4v) is 0.204. The van der Waals surface area contributed by atoms with E-state index in [1.54, 1.807) is 0 Å². The monoisotopic (exact) mass is 101 g/mol. The summed E-state index contributed by atoms with van der Waals surface area (Å²) in [5.41, 5.74) is 0.963. The van der Waals surface area contributed by atoms with E-state index in [0.29, 0.717) is 0 Å². The van der Waals surface area contributed by atoms with Crippen LogP contribution in [0.4, 0.5) is 0 Å². The van der Waals surface area contributed by atoms with E-state index in [-0.39, 0.29) is 0 Å². The van der Waals surface area contributed by atoms with Crippen LogP contribution in [-0.2, 0) is 0 Å². The molecular formula is C5H13Si. The topological polar surface area (TPSA) is 0 Å². The lowest BCUT2D eigenvalue weighted by atomic mass is 10.3. The van der Waals surface area contributed by atoms with Gasteiger partial charge in [0.1, 0.15) is 0 Å². The van der Waals surface area contributed by atoms with Crippen molar-refractivity contribution >= 4 is 10.2 Å². The molecule has 0 aliphatic carbocycles. The molecule has 37 valence electrons. The summed E-state index contributed by atoms with van der Waals surface area (Å²) in [7, 11) is 1.33. The van der Waals surface area contributed by atoms with Crippen LogP contribution in [0.25, 0.3) is 0 Å². The minimum absolute atomic E-state index is 0.963. The lowest BCUT2D eigenvalue weighted by Crippen LogP contribution is -1.84. The zero-order chi connectivity index (χ0) is 4.99. The minimum Gasteiger partial charge on any atom is -0.0654 e. The maximum absolute atomic E-state index is 3.79. The summed E-state index contributed by atoms with van der Waals surface area (Å²) < 4.78 is 0. The predicted molar refractivity (Wildman–Crippen MR) is 34.0 cm³/mol. The summed E-state index contributed by atoms with van der Waals surface area (Å²) in [6.07, 6.45) is 2.47. The van der Waals surface area contributed by atoms with Gasteiger partial charge in [-0.3, -0.25) is 0 Å². The Morgan fingerprint density at radius 2 is 2.33 bits per heavy atom. The number of hydrogen-bond acceptors (Lipinski definition) is 0. The van der Waals surface area contributed by atoms with Gasteiger partial charge >= 0.3 is 0 Å². The Balaban J connectivity index is 2.75. The number of hydrogen-bond donors (Lipinski definition) is 0. The van der Waals surface area contributed by atoms with Gasteiger partial charge in [-0.15, -0.1) is 0 Å². The highest BCUT2D eigenvalue weighted by molar-refractivity contribution is 6.11. The second-order valence-electron chi connectivity index (χ2n) is 1.80. The highest BCUT2D eigenvalue weighted by atomic mass is 28.1.